The predicted molar refractivity (Wildman–Crippen MR) is 81.7 cm³/mol. The first-order valence-corrected chi connectivity index (χ1v) is 7.70. The highest BCUT2D eigenvalue weighted by Crippen LogP contribution is 2.39. The van der Waals surface area contributed by atoms with Crippen LogP contribution >= 0.6 is 11.6 Å². The smallest absolute Gasteiger partial charge is 0.225 e. The van der Waals surface area contributed by atoms with E-state index in [1.54, 1.807) is 0 Å². The van der Waals surface area contributed by atoms with Crippen LogP contribution in [0.25, 0.3) is 11.4 Å². The Morgan fingerprint density at radius 1 is 1.05 bits per heavy atom. The second-order valence-corrected chi connectivity index (χ2v) is 6.29. The Bertz CT molecular complexity index is 579. The lowest BCUT2D eigenvalue weighted by Gasteiger charge is -2.33. The molecule has 1 heterocycles. The Morgan fingerprint density at radius 2 is 1.80 bits per heavy atom. The zero-order valence-corrected chi connectivity index (χ0v) is 12.7. The number of hydrogen-bond donors (Lipinski definition) is 0. The predicted octanol–water partition coefficient (Wildman–Crippen LogP) is 4.60. The normalized spacial score (nSPS) is 26.6. The molecule has 0 N–H and O–H groups in total. The third kappa shape index (κ3) is 2.47. The SMILES string of the molecule is CC1CCC(n2c(Cl)nnc2-c2ccccc2)CC1C. The Morgan fingerprint density at radius 3 is 2.50 bits per heavy atom. The molecule has 0 amide bonds. The topological polar surface area (TPSA) is 30.7 Å². The van der Waals surface area contributed by atoms with Crippen LogP contribution in [0, 0.1) is 11.8 Å². The van der Waals surface area contributed by atoms with Gasteiger partial charge < -0.3 is 0 Å². The summed E-state index contributed by atoms with van der Waals surface area (Å²) in [6.45, 7) is 4.67. The third-order valence-electron chi connectivity index (χ3n) is 4.62. The van der Waals surface area contributed by atoms with Crippen molar-refractivity contribution in [3.05, 3.63) is 35.6 Å². The highest BCUT2D eigenvalue weighted by Gasteiger charge is 2.29. The first-order valence-electron chi connectivity index (χ1n) is 7.32. The van der Waals surface area contributed by atoms with Gasteiger partial charge in [-0.3, -0.25) is 4.57 Å². The van der Waals surface area contributed by atoms with Crippen LogP contribution in [0.4, 0.5) is 0 Å². The summed E-state index contributed by atoms with van der Waals surface area (Å²) in [7, 11) is 0. The van der Waals surface area contributed by atoms with Crippen molar-refractivity contribution in [2.75, 3.05) is 0 Å². The molecule has 0 radical (unpaired) electrons. The molecule has 1 saturated carbocycles. The van der Waals surface area contributed by atoms with Crippen LogP contribution in [0.2, 0.25) is 5.28 Å². The fraction of sp³-hybridized carbons (Fsp3) is 0.500. The summed E-state index contributed by atoms with van der Waals surface area (Å²) in [4.78, 5) is 0. The lowest BCUT2D eigenvalue weighted by molar-refractivity contribution is 0.211. The van der Waals surface area contributed by atoms with E-state index in [1.807, 2.05) is 18.2 Å². The van der Waals surface area contributed by atoms with Crippen LogP contribution in [-0.2, 0) is 0 Å². The van der Waals surface area contributed by atoms with Crippen LogP contribution in [-0.4, -0.2) is 14.8 Å². The van der Waals surface area contributed by atoms with Crippen molar-refractivity contribution in [3.8, 4) is 11.4 Å². The van der Waals surface area contributed by atoms with Gasteiger partial charge in [-0.05, 0) is 42.7 Å². The molecule has 106 valence electrons. The van der Waals surface area contributed by atoms with Gasteiger partial charge in [0, 0.05) is 11.6 Å². The Hall–Kier alpha value is -1.35. The molecule has 1 aliphatic carbocycles. The summed E-state index contributed by atoms with van der Waals surface area (Å²) in [6, 6.07) is 10.6. The molecule has 1 aromatic heterocycles. The minimum atomic E-state index is 0.416. The highest BCUT2D eigenvalue weighted by atomic mass is 35.5. The van der Waals surface area contributed by atoms with Crippen molar-refractivity contribution < 1.29 is 0 Å². The van der Waals surface area contributed by atoms with Gasteiger partial charge in [0.25, 0.3) is 0 Å². The van der Waals surface area contributed by atoms with E-state index in [-0.39, 0.29) is 0 Å². The third-order valence-corrected chi connectivity index (χ3v) is 4.88. The standard InChI is InChI=1S/C16H20ClN3/c1-11-8-9-14(10-12(11)2)20-15(18-19-16(20)17)13-6-4-3-5-7-13/h3-7,11-12,14H,8-10H2,1-2H3. The van der Waals surface area contributed by atoms with Gasteiger partial charge in [0.15, 0.2) is 5.82 Å². The van der Waals surface area contributed by atoms with Crippen molar-refractivity contribution in [3.63, 3.8) is 0 Å². The van der Waals surface area contributed by atoms with Gasteiger partial charge in [0.2, 0.25) is 5.28 Å². The summed E-state index contributed by atoms with van der Waals surface area (Å²) >= 11 is 6.30. The Balaban J connectivity index is 1.96. The quantitative estimate of drug-likeness (QED) is 0.809. The molecule has 3 unspecified atom stereocenters. The summed E-state index contributed by atoms with van der Waals surface area (Å²) in [5.74, 6) is 2.40. The second kappa shape index (κ2) is 5.57. The molecule has 0 saturated heterocycles. The average Bonchev–Trinajstić information content (AvgIpc) is 2.85. The zero-order valence-electron chi connectivity index (χ0n) is 12.0. The largest absolute Gasteiger partial charge is 0.295 e. The molecule has 20 heavy (non-hydrogen) atoms. The van der Waals surface area contributed by atoms with E-state index in [1.165, 1.54) is 6.42 Å². The molecule has 3 nitrogen and oxygen atoms in total. The minimum absolute atomic E-state index is 0.416. The molecule has 2 aromatic rings. The molecular formula is C16H20ClN3. The van der Waals surface area contributed by atoms with Crippen molar-refractivity contribution >= 4 is 11.6 Å². The molecule has 3 rings (SSSR count). The minimum Gasteiger partial charge on any atom is -0.295 e. The van der Waals surface area contributed by atoms with Crippen LogP contribution in [0.5, 0.6) is 0 Å². The molecule has 1 aromatic carbocycles. The highest BCUT2D eigenvalue weighted by molar-refractivity contribution is 6.28. The van der Waals surface area contributed by atoms with E-state index in [4.69, 9.17) is 11.6 Å². The van der Waals surface area contributed by atoms with Gasteiger partial charge in [-0.2, -0.15) is 0 Å². The maximum absolute atomic E-state index is 6.30. The van der Waals surface area contributed by atoms with Gasteiger partial charge in [-0.15, -0.1) is 10.2 Å². The van der Waals surface area contributed by atoms with Crippen molar-refractivity contribution in [1.82, 2.24) is 14.8 Å². The van der Waals surface area contributed by atoms with E-state index >= 15 is 0 Å². The molecule has 1 aliphatic rings. The van der Waals surface area contributed by atoms with Crippen molar-refractivity contribution in [1.29, 1.82) is 0 Å². The second-order valence-electron chi connectivity index (χ2n) is 5.95. The fourth-order valence-corrected chi connectivity index (χ4v) is 3.39. The maximum atomic E-state index is 6.30. The first-order chi connectivity index (χ1) is 9.66. The monoisotopic (exact) mass is 289 g/mol. The summed E-state index contributed by atoms with van der Waals surface area (Å²) in [5.41, 5.74) is 1.08. The van der Waals surface area contributed by atoms with Gasteiger partial charge >= 0.3 is 0 Å². The van der Waals surface area contributed by atoms with Crippen LogP contribution in [0.1, 0.15) is 39.2 Å². The maximum Gasteiger partial charge on any atom is 0.225 e. The Kier molecular flexibility index (Phi) is 3.79. The van der Waals surface area contributed by atoms with Crippen LogP contribution in [0.3, 0.4) is 0 Å². The molecule has 4 heteroatoms. The van der Waals surface area contributed by atoms with Gasteiger partial charge in [-0.1, -0.05) is 44.2 Å². The van der Waals surface area contributed by atoms with Gasteiger partial charge in [0.1, 0.15) is 0 Å². The Labute approximate surface area is 125 Å². The van der Waals surface area contributed by atoms with E-state index in [0.717, 1.165) is 36.1 Å². The molecule has 0 bridgehead atoms. The molecule has 0 spiro atoms. The first kappa shape index (κ1) is 13.6. The number of nitrogens with zero attached hydrogens (tertiary/aromatic N) is 3. The fourth-order valence-electron chi connectivity index (χ4n) is 3.13. The van der Waals surface area contributed by atoms with Gasteiger partial charge in [-0.25, -0.2) is 0 Å². The van der Waals surface area contributed by atoms with E-state index in [2.05, 4.69) is 40.7 Å². The van der Waals surface area contributed by atoms with Gasteiger partial charge in [0.05, 0.1) is 0 Å². The lowest BCUT2D eigenvalue weighted by atomic mass is 9.79. The lowest BCUT2D eigenvalue weighted by Crippen LogP contribution is -2.24. The summed E-state index contributed by atoms with van der Waals surface area (Å²) in [6.07, 6.45) is 3.55. The van der Waals surface area contributed by atoms with E-state index in [0.29, 0.717) is 11.3 Å². The molecule has 1 fully saturated rings. The number of hydrogen-bond acceptors (Lipinski definition) is 2. The van der Waals surface area contributed by atoms with E-state index < -0.39 is 0 Å². The number of halogens is 1. The summed E-state index contributed by atoms with van der Waals surface area (Å²) < 4.78 is 2.12. The van der Waals surface area contributed by atoms with Crippen LogP contribution < -0.4 is 0 Å². The average molecular weight is 290 g/mol. The molecular weight excluding hydrogens is 270 g/mol. The number of benzene rings is 1. The zero-order chi connectivity index (χ0) is 14.1. The van der Waals surface area contributed by atoms with E-state index in [9.17, 15) is 0 Å². The number of rotatable bonds is 2. The van der Waals surface area contributed by atoms with Crippen molar-refractivity contribution in [2.24, 2.45) is 11.8 Å². The van der Waals surface area contributed by atoms with Crippen molar-refractivity contribution in [2.45, 2.75) is 39.2 Å². The summed E-state index contributed by atoms with van der Waals surface area (Å²) in [5, 5.41) is 8.89. The van der Waals surface area contributed by atoms with Crippen LogP contribution in [0.15, 0.2) is 30.3 Å². The number of aromatic nitrogens is 3. The molecule has 3 atom stereocenters. The molecule has 0 aliphatic heterocycles.